The number of rotatable bonds is 4. The molecule has 2 heterocycles. The number of azo groups is 1. The summed E-state index contributed by atoms with van der Waals surface area (Å²) in [7, 11) is 1.35. The van der Waals surface area contributed by atoms with Crippen molar-refractivity contribution in [2.45, 2.75) is 4.99 Å². The molecule has 0 aliphatic carbocycles. The SMILES string of the molecule is COC(=O)C1C=C(c2ccccc2)SC1(N)N=Nc1cccs1. The maximum absolute atomic E-state index is 12.1. The molecule has 1 aromatic heterocycles. The van der Waals surface area contributed by atoms with Gasteiger partial charge in [0, 0.05) is 4.91 Å². The molecule has 2 atom stereocenters. The molecule has 7 heteroatoms. The van der Waals surface area contributed by atoms with E-state index < -0.39 is 16.9 Å². The van der Waals surface area contributed by atoms with Crippen LogP contribution in [0.25, 0.3) is 4.91 Å². The van der Waals surface area contributed by atoms with Crippen LogP contribution in [0.4, 0.5) is 5.00 Å². The minimum Gasteiger partial charge on any atom is -0.468 e. The van der Waals surface area contributed by atoms with Gasteiger partial charge in [0.1, 0.15) is 10.9 Å². The highest BCUT2D eigenvalue weighted by Gasteiger charge is 2.46. The number of methoxy groups -OCH3 is 1. The Kier molecular flexibility index (Phi) is 4.61. The van der Waals surface area contributed by atoms with Crippen LogP contribution >= 0.6 is 23.1 Å². The molecule has 1 aliphatic rings. The maximum atomic E-state index is 12.1. The summed E-state index contributed by atoms with van der Waals surface area (Å²) in [4.78, 5) is 11.8. The third-order valence-electron chi connectivity index (χ3n) is 3.36. The first-order valence-electron chi connectivity index (χ1n) is 6.92. The lowest BCUT2D eigenvalue weighted by Gasteiger charge is -2.22. The Morgan fingerprint density at radius 3 is 2.70 bits per heavy atom. The van der Waals surface area contributed by atoms with Crippen LogP contribution in [0.3, 0.4) is 0 Å². The number of thiophene rings is 1. The molecule has 0 amide bonds. The van der Waals surface area contributed by atoms with Crippen molar-refractivity contribution >= 4 is 39.0 Å². The molecule has 0 radical (unpaired) electrons. The molecule has 0 fully saturated rings. The zero-order valence-electron chi connectivity index (χ0n) is 12.4. The van der Waals surface area contributed by atoms with Crippen molar-refractivity contribution < 1.29 is 9.53 Å². The van der Waals surface area contributed by atoms with Gasteiger partial charge in [-0.2, -0.15) is 5.11 Å². The minimum absolute atomic E-state index is 0.420. The second kappa shape index (κ2) is 6.66. The van der Waals surface area contributed by atoms with Gasteiger partial charge in [-0.25, -0.2) is 0 Å². The molecule has 0 saturated carbocycles. The topological polar surface area (TPSA) is 77.0 Å². The molecule has 5 nitrogen and oxygen atoms in total. The number of nitrogens with two attached hydrogens (primary N) is 1. The average Bonchev–Trinajstić information content (AvgIpc) is 3.21. The summed E-state index contributed by atoms with van der Waals surface area (Å²) in [5.41, 5.74) is 7.37. The Morgan fingerprint density at radius 1 is 1.26 bits per heavy atom. The fourth-order valence-corrected chi connectivity index (χ4v) is 3.93. The number of hydrogen-bond donors (Lipinski definition) is 1. The summed E-state index contributed by atoms with van der Waals surface area (Å²) >= 11 is 2.78. The first-order chi connectivity index (χ1) is 11.1. The number of ether oxygens (including phenoxy) is 1. The second-order valence-corrected chi connectivity index (χ2v) is 7.13. The van der Waals surface area contributed by atoms with Crippen molar-refractivity contribution in [1.29, 1.82) is 0 Å². The third-order valence-corrected chi connectivity index (χ3v) is 5.37. The van der Waals surface area contributed by atoms with Gasteiger partial charge in [-0.05, 0) is 23.1 Å². The van der Waals surface area contributed by atoms with Crippen LogP contribution in [-0.4, -0.2) is 18.1 Å². The van der Waals surface area contributed by atoms with Crippen molar-refractivity contribution in [1.82, 2.24) is 0 Å². The quantitative estimate of drug-likeness (QED) is 0.670. The number of benzene rings is 1. The first-order valence-corrected chi connectivity index (χ1v) is 8.61. The van der Waals surface area contributed by atoms with E-state index >= 15 is 0 Å². The molecule has 3 rings (SSSR count). The second-order valence-electron chi connectivity index (χ2n) is 4.90. The summed E-state index contributed by atoms with van der Waals surface area (Å²) in [6, 6.07) is 13.5. The average molecular weight is 345 g/mol. The van der Waals surface area contributed by atoms with E-state index in [0.717, 1.165) is 15.5 Å². The van der Waals surface area contributed by atoms with E-state index in [-0.39, 0.29) is 0 Å². The molecule has 0 bridgehead atoms. The van der Waals surface area contributed by atoms with Crippen LogP contribution in [0, 0.1) is 5.92 Å². The minimum atomic E-state index is -1.21. The standard InChI is InChI=1S/C16H15N3O2S2/c1-21-15(20)12-10-13(11-6-3-2-4-7-11)23-16(12,17)19-18-14-8-5-9-22-14/h2-10,12H,17H2,1H3. The highest BCUT2D eigenvalue weighted by molar-refractivity contribution is 8.09. The lowest BCUT2D eigenvalue weighted by Crippen LogP contribution is -2.42. The largest absolute Gasteiger partial charge is 0.468 e. The predicted molar refractivity (Wildman–Crippen MR) is 93.3 cm³/mol. The Labute approximate surface area is 142 Å². The van der Waals surface area contributed by atoms with E-state index in [1.165, 1.54) is 30.2 Å². The Balaban J connectivity index is 1.92. The molecule has 118 valence electrons. The summed E-state index contributed by atoms with van der Waals surface area (Å²) in [5.74, 6) is -1.10. The highest BCUT2D eigenvalue weighted by Crippen LogP contribution is 2.49. The van der Waals surface area contributed by atoms with Crippen molar-refractivity contribution in [3.8, 4) is 0 Å². The van der Waals surface area contributed by atoms with Gasteiger partial charge in [0.2, 0.25) is 0 Å². The van der Waals surface area contributed by atoms with E-state index in [1.807, 2.05) is 47.8 Å². The van der Waals surface area contributed by atoms with Gasteiger partial charge < -0.3 is 4.74 Å². The van der Waals surface area contributed by atoms with Crippen LogP contribution < -0.4 is 5.73 Å². The van der Waals surface area contributed by atoms with Gasteiger partial charge in [-0.3, -0.25) is 10.5 Å². The number of thioether (sulfide) groups is 1. The van der Waals surface area contributed by atoms with Gasteiger partial charge in [-0.1, -0.05) is 48.2 Å². The smallest absolute Gasteiger partial charge is 0.317 e. The van der Waals surface area contributed by atoms with Crippen molar-refractivity contribution in [2.75, 3.05) is 7.11 Å². The number of hydrogen-bond acceptors (Lipinski definition) is 7. The predicted octanol–water partition coefficient (Wildman–Crippen LogP) is 4.02. The van der Waals surface area contributed by atoms with Gasteiger partial charge in [-0.15, -0.1) is 16.5 Å². The van der Waals surface area contributed by atoms with Gasteiger partial charge in [0.25, 0.3) is 0 Å². The lowest BCUT2D eigenvalue weighted by atomic mass is 10.0. The van der Waals surface area contributed by atoms with E-state index in [9.17, 15) is 4.79 Å². The number of esters is 1. The fourth-order valence-electron chi connectivity index (χ4n) is 2.20. The zero-order valence-corrected chi connectivity index (χ0v) is 14.0. The van der Waals surface area contributed by atoms with Crippen LogP contribution in [0.2, 0.25) is 0 Å². The Hall–Kier alpha value is -1.96. The van der Waals surface area contributed by atoms with Crippen LogP contribution in [0.1, 0.15) is 5.56 Å². The Morgan fingerprint density at radius 2 is 2.04 bits per heavy atom. The van der Waals surface area contributed by atoms with E-state index in [1.54, 1.807) is 6.08 Å². The summed E-state index contributed by atoms with van der Waals surface area (Å²) < 4.78 is 4.87. The molecular formula is C16H15N3O2S2. The zero-order chi connectivity index (χ0) is 16.3. The van der Waals surface area contributed by atoms with Gasteiger partial charge in [0.05, 0.1) is 7.11 Å². The first kappa shape index (κ1) is 15.9. The lowest BCUT2D eigenvalue weighted by molar-refractivity contribution is -0.144. The molecule has 0 saturated heterocycles. The molecule has 2 N–H and O–H groups in total. The van der Waals surface area contributed by atoms with Crippen molar-refractivity contribution in [2.24, 2.45) is 21.9 Å². The van der Waals surface area contributed by atoms with Gasteiger partial charge in [0.15, 0.2) is 4.99 Å². The van der Waals surface area contributed by atoms with Crippen molar-refractivity contribution in [3.05, 3.63) is 59.5 Å². The molecule has 1 aromatic carbocycles. The summed E-state index contributed by atoms with van der Waals surface area (Å²) in [6.07, 6.45) is 1.80. The van der Waals surface area contributed by atoms with Crippen molar-refractivity contribution in [3.63, 3.8) is 0 Å². The van der Waals surface area contributed by atoms with E-state index in [2.05, 4.69) is 10.2 Å². The number of carbonyl (C=O) groups excluding carboxylic acids is 1. The van der Waals surface area contributed by atoms with Crippen LogP contribution in [-0.2, 0) is 9.53 Å². The summed E-state index contributed by atoms with van der Waals surface area (Å²) in [6.45, 7) is 0. The van der Waals surface area contributed by atoms with Crippen LogP contribution in [0.15, 0.2) is 64.1 Å². The molecule has 1 aliphatic heterocycles. The van der Waals surface area contributed by atoms with Gasteiger partial charge >= 0.3 is 5.97 Å². The number of carbonyl (C=O) groups is 1. The van der Waals surface area contributed by atoms with E-state index in [4.69, 9.17) is 10.5 Å². The van der Waals surface area contributed by atoms with Crippen LogP contribution in [0.5, 0.6) is 0 Å². The fraction of sp³-hybridized carbons (Fsp3) is 0.188. The number of nitrogens with zero attached hydrogens (tertiary/aromatic N) is 2. The molecular weight excluding hydrogens is 330 g/mol. The van der Waals surface area contributed by atoms with E-state index in [0.29, 0.717) is 0 Å². The maximum Gasteiger partial charge on any atom is 0.317 e. The monoisotopic (exact) mass is 345 g/mol. The summed E-state index contributed by atoms with van der Waals surface area (Å²) in [5, 5.41) is 11.1. The normalized spacial score (nSPS) is 23.9. The molecule has 2 unspecified atom stereocenters. The highest BCUT2D eigenvalue weighted by atomic mass is 32.2. The Bertz CT molecular complexity index is 744. The third kappa shape index (κ3) is 3.36. The molecule has 2 aromatic rings. The molecule has 0 spiro atoms. The molecule has 23 heavy (non-hydrogen) atoms.